The molecular formula is C18H28N2O3. The fraction of sp³-hybridized carbons (Fsp3) is 0.611. The molecule has 0 spiro atoms. The molecule has 1 amide bonds. The maximum Gasteiger partial charge on any atom is 0.252 e. The van der Waals surface area contributed by atoms with Crippen LogP contribution in [0, 0.1) is 0 Å². The number of amides is 1. The topological polar surface area (TPSA) is 61.8 Å². The number of nitrogens with zero attached hydrogens (tertiary/aromatic N) is 1. The standard InChI is InChI=1S/C18H28N2O3/c1-18(22,15-16-7-3-2-4-8-16)17(21)19-9-5-6-10-20-11-13-23-14-12-20/h2-4,7-8,22H,5-6,9-15H2,1H3,(H,19,21)/t18-/m1/s1. The van der Waals surface area contributed by atoms with E-state index in [4.69, 9.17) is 4.74 Å². The Labute approximate surface area is 138 Å². The van der Waals surface area contributed by atoms with Crippen LogP contribution in [0.2, 0.25) is 0 Å². The Kier molecular flexibility index (Phi) is 7.02. The molecule has 0 bridgehead atoms. The summed E-state index contributed by atoms with van der Waals surface area (Å²) in [7, 11) is 0. The number of benzene rings is 1. The number of hydrogen-bond donors (Lipinski definition) is 2. The molecule has 1 aliphatic heterocycles. The molecule has 1 aromatic rings. The van der Waals surface area contributed by atoms with Crippen molar-refractivity contribution in [1.29, 1.82) is 0 Å². The van der Waals surface area contributed by atoms with Gasteiger partial charge in [-0.25, -0.2) is 0 Å². The molecule has 1 atom stereocenters. The van der Waals surface area contributed by atoms with E-state index in [1.54, 1.807) is 6.92 Å². The summed E-state index contributed by atoms with van der Waals surface area (Å²) >= 11 is 0. The second-order valence-corrected chi connectivity index (χ2v) is 6.35. The van der Waals surface area contributed by atoms with Crippen LogP contribution in [0.5, 0.6) is 0 Å². The van der Waals surface area contributed by atoms with Crippen molar-refractivity contribution >= 4 is 5.91 Å². The van der Waals surface area contributed by atoms with Crippen LogP contribution in [0.4, 0.5) is 0 Å². The van der Waals surface area contributed by atoms with Crippen molar-refractivity contribution in [2.24, 2.45) is 0 Å². The highest BCUT2D eigenvalue weighted by atomic mass is 16.5. The van der Waals surface area contributed by atoms with Crippen LogP contribution in [0.15, 0.2) is 30.3 Å². The van der Waals surface area contributed by atoms with E-state index in [0.717, 1.165) is 51.3 Å². The van der Waals surface area contributed by atoms with Gasteiger partial charge < -0.3 is 15.2 Å². The summed E-state index contributed by atoms with van der Waals surface area (Å²) in [5.41, 5.74) is -0.411. The lowest BCUT2D eigenvalue weighted by atomic mass is 9.95. The fourth-order valence-electron chi connectivity index (χ4n) is 2.75. The number of rotatable bonds is 8. The summed E-state index contributed by atoms with van der Waals surface area (Å²) in [6, 6.07) is 9.59. The predicted molar refractivity (Wildman–Crippen MR) is 90.3 cm³/mol. The molecule has 0 aliphatic carbocycles. The van der Waals surface area contributed by atoms with Gasteiger partial charge in [-0.15, -0.1) is 0 Å². The molecule has 0 aromatic heterocycles. The minimum atomic E-state index is -1.37. The number of carbonyl (C=O) groups excluding carboxylic acids is 1. The molecule has 1 aromatic carbocycles. The average molecular weight is 320 g/mol. The van der Waals surface area contributed by atoms with Gasteiger partial charge in [0.15, 0.2) is 0 Å². The number of aliphatic hydroxyl groups is 1. The second-order valence-electron chi connectivity index (χ2n) is 6.35. The first kappa shape index (κ1) is 17.9. The highest BCUT2D eigenvalue weighted by Crippen LogP contribution is 2.13. The number of ether oxygens (including phenoxy) is 1. The van der Waals surface area contributed by atoms with Gasteiger partial charge in [0, 0.05) is 26.1 Å². The van der Waals surface area contributed by atoms with E-state index in [1.165, 1.54) is 0 Å². The van der Waals surface area contributed by atoms with Gasteiger partial charge in [0.1, 0.15) is 5.60 Å². The van der Waals surface area contributed by atoms with Gasteiger partial charge in [0.25, 0.3) is 5.91 Å². The Morgan fingerprint density at radius 2 is 1.96 bits per heavy atom. The van der Waals surface area contributed by atoms with Crippen LogP contribution in [0.3, 0.4) is 0 Å². The SMILES string of the molecule is C[C@@](O)(Cc1ccccc1)C(=O)NCCCCN1CCOCC1. The fourth-order valence-corrected chi connectivity index (χ4v) is 2.75. The van der Waals surface area contributed by atoms with E-state index in [2.05, 4.69) is 10.2 Å². The Morgan fingerprint density at radius 1 is 1.26 bits per heavy atom. The zero-order valence-electron chi connectivity index (χ0n) is 14.0. The van der Waals surface area contributed by atoms with Crippen molar-refractivity contribution in [1.82, 2.24) is 10.2 Å². The van der Waals surface area contributed by atoms with E-state index >= 15 is 0 Å². The molecule has 2 rings (SSSR count). The van der Waals surface area contributed by atoms with Crippen molar-refractivity contribution < 1.29 is 14.6 Å². The summed E-state index contributed by atoms with van der Waals surface area (Å²) < 4.78 is 5.32. The van der Waals surface area contributed by atoms with Crippen LogP contribution in [0.25, 0.3) is 0 Å². The van der Waals surface area contributed by atoms with Crippen LogP contribution in [-0.2, 0) is 16.0 Å². The molecule has 0 radical (unpaired) electrons. The first-order valence-corrected chi connectivity index (χ1v) is 8.43. The molecule has 1 fully saturated rings. The van der Waals surface area contributed by atoms with Crippen molar-refractivity contribution in [2.75, 3.05) is 39.4 Å². The van der Waals surface area contributed by atoms with Gasteiger partial charge in [-0.1, -0.05) is 30.3 Å². The molecule has 1 heterocycles. The van der Waals surface area contributed by atoms with E-state index in [0.29, 0.717) is 13.0 Å². The third-order valence-corrected chi connectivity index (χ3v) is 4.17. The first-order valence-electron chi connectivity index (χ1n) is 8.43. The summed E-state index contributed by atoms with van der Waals surface area (Å²) in [5.74, 6) is -0.298. The highest BCUT2D eigenvalue weighted by molar-refractivity contribution is 5.84. The maximum atomic E-state index is 12.1. The number of nitrogens with one attached hydrogen (secondary N) is 1. The molecule has 0 unspecified atom stereocenters. The monoisotopic (exact) mass is 320 g/mol. The second kappa shape index (κ2) is 9.01. The molecule has 0 saturated carbocycles. The third-order valence-electron chi connectivity index (χ3n) is 4.17. The molecule has 5 heteroatoms. The molecule has 128 valence electrons. The van der Waals surface area contributed by atoms with E-state index < -0.39 is 5.60 Å². The van der Waals surface area contributed by atoms with Gasteiger partial charge in [0.2, 0.25) is 0 Å². The number of hydrogen-bond acceptors (Lipinski definition) is 4. The lowest BCUT2D eigenvalue weighted by Gasteiger charge is -2.26. The molecule has 23 heavy (non-hydrogen) atoms. The summed E-state index contributed by atoms with van der Waals surface area (Å²) in [6.07, 6.45) is 2.29. The highest BCUT2D eigenvalue weighted by Gasteiger charge is 2.29. The Morgan fingerprint density at radius 3 is 2.65 bits per heavy atom. The van der Waals surface area contributed by atoms with E-state index in [9.17, 15) is 9.90 Å². The van der Waals surface area contributed by atoms with Gasteiger partial charge in [-0.3, -0.25) is 9.69 Å². The average Bonchev–Trinajstić information content (AvgIpc) is 2.56. The predicted octanol–water partition coefficient (Wildman–Crippen LogP) is 1.21. The zero-order valence-corrected chi connectivity index (χ0v) is 14.0. The Hall–Kier alpha value is -1.43. The third kappa shape index (κ3) is 6.29. The van der Waals surface area contributed by atoms with Crippen LogP contribution < -0.4 is 5.32 Å². The normalized spacial score (nSPS) is 18.3. The summed E-state index contributed by atoms with van der Waals surface area (Å²) in [4.78, 5) is 14.5. The minimum Gasteiger partial charge on any atom is -0.380 e. The molecular weight excluding hydrogens is 292 g/mol. The van der Waals surface area contributed by atoms with Gasteiger partial charge in [0.05, 0.1) is 13.2 Å². The molecule has 1 aliphatic rings. The largest absolute Gasteiger partial charge is 0.380 e. The van der Waals surface area contributed by atoms with Crippen LogP contribution in [0.1, 0.15) is 25.3 Å². The summed E-state index contributed by atoms with van der Waals surface area (Å²) in [6.45, 7) is 6.85. The van der Waals surface area contributed by atoms with Crippen molar-refractivity contribution in [3.05, 3.63) is 35.9 Å². The smallest absolute Gasteiger partial charge is 0.252 e. The van der Waals surface area contributed by atoms with E-state index in [1.807, 2.05) is 30.3 Å². The van der Waals surface area contributed by atoms with Crippen molar-refractivity contribution in [2.45, 2.75) is 31.8 Å². The quantitative estimate of drug-likeness (QED) is 0.707. The Balaban J connectivity index is 1.63. The van der Waals surface area contributed by atoms with Gasteiger partial charge >= 0.3 is 0 Å². The number of unbranched alkanes of at least 4 members (excludes halogenated alkanes) is 1. The van der Waals surface area contributed by atoms with Gasteiger partial charge in [-0.2, -0.15) is 0 Å². The van der Waals surface area contributed by atoms with Crippen molar-refractivity contribution in [3.8, 4) is 0 Å². The van der Waals surface area contributed by atoms with E-state index in [-0.39, 0.29) is 5.91 Å². The Bertz CT molecular complexity index is 470. The first-order chi connectivity index (χ1) is 11.1. The lowest BCUT2D eigenvalue weighted by Crippen LogP contribution is -2.46. The summed E-state index contributed by atoms with van der Waals surface area (Å²) in [5, 5.41) is 13.2. The molecule has 5 nitrogen and oxygen atoms in total. The number of morpholine rings is 1. The van der Waals surface area contributed by atoms with Crippen LogP contribution in [-0.4, -0.2) is 60.9 Å². The zero-order chi connectivity index (χ0) is 16.5. The van der Waals surface area contributed by atoms with Crippen molar-refractivity contribution in [3.63, 3.8) is 0 Å². The maximum absolute atomic E-state index is 12.1. The van der Waals surface area contributed by atoms with Crippen LogP contribution >= 0.6 is 0 Å². The minimum absolute atomic E-state index is 0.298. The number of carbonyl (C=O) groups is 1. The molecule has 2 N–H and O–H groups in total. The molecule has 1 saturated heterocycles. The van der Waals surface area contributed by atoms with Gasteiger partial charge in [-0.05, 0) is 31.9 Å². The lowest BCUT2D eigenvalue weighted by molar-refractivity contribution is -0.137.